The number of benzene rings is 2. The number of sulfonamides is 1. The molecule has 2 aromatic carbocycles. The number of aromatic nitrogens is 2. The van der Waals surface area contributed by atoms with E-state index in [4.69, 9.17) is 5.14 Å². The van der Waals surface area contributed by atoms with E-state index in [9.17, 15) is 13.5 Å². The highest BCUT2D eigenvalue weighted by atomic mass is 32.2. The van der Waals surface area contributed by atoms with Gasteiger partial charge in [0, 0.05) is 37.0 Å². The minimum Gasteiger partial charge on any atom is -0.396 e. The Morgan fingerprint density at radius 2 is 1.91 bits per heavy atom. The predicted molar refractivity (Wildman–Crippen MR) is 129 cm³/mol. The van der Waals surface area contributed by atoms with Gasteiger partial charge in [0.15, 0.2) is 0 Å². The first-order chi connectivity index (χ1) is 15.9. The zero-order valence-corrected chi connectivity index (χ0v) is 19.2. The molecule has 2 heterocycles. The number of rotatable bonds is 8. The van der Waals surface area contributed by atoms with Gasteiger partial charge in [-0.1, -0.05) is 30.3 Å². The molecule has 3 aromatic rings. The second-order valence-corrected chi connectivity index (χ2v) is 10.2. The third-order valence-corrected chi connectivity index (χ3v) is 6.49. The molecular formula is C24H29N5O3S. The molecule has 33 heavy (non-hydrogen) atoms. The van der Waals surface area contributed by atoms with Gasteiger partial charge in [0.05, 0.1) is 11.4 Å². The van der Waals surface area contributed by atoms with E-state index in [0.717, 1.165) is 49.4 Å². The zero-order chi connectivity index (χ0) is 23.3. The molecule has 9 heteroatoms. The maximum atomic E-state index is 11.2. The molecular weight excluding hydrogens is 438 g/mol. The summed E-state index contributed by atoms with van der Waals surface area (Å²) in [6, 6.07) is 17.3. The van der Waals surface area contributed by atoms with Crippen LogP contribution in [0.2, 0.25) is 0 Å². The lowest BCUT2D eigenvalue weighted by Gasteiger charge is -2.31. The Kier molecular flexibility index (Phi) is 7.34. The van der Waals surface area contributed by atoms with Crippen LogP contribution in [-0.4, -0.2) is 48.1 Å². The molecule has 4 N–H and O–H groups in total. The predicted octanol–water partition coefficient (Wildman–Crippen LogP) is 2.88. The molecule has 0 radical (unpaired) electrons. The quantitative estimate of drug-likeness (QED) is 0.466. The molecule has 0 aliphatic carbocycles. The number of aliphatic hydroxyl groups excluding tert-OH is 1. The Balaban J connectivity index is 1.45. The van der Waals surface area contributed by atoms with Crippen molar-refractivity contribution in [2.75, 3.05) is 25.0 Å². The number of hydrogen-bond acceptors (Lipinski definition) is 7. The van der Waals surface area contributed by atoms with E-state index in [2.05, 4.69) is 32.3 Å². The van der Waals surface area contributed by atoms with Gasteiger partial charge in [0.25, 0.3) is 0 Å². The van der Waals surface area contributed by atoms with Crippen molar-refractivity contribution in [2.45, 2.75) is 25.1 Å². The van der Waals surface area contributed by atoms with E-state index >= 15 is 0 Å². The van der Waals surface area contributed by atoms with Crippen LogP contribution in [0.25, 0.3) is 11.3 Å². The number of nitrogens with zero attached hydrogens (tertiary/aromatic N) is 3. The summed E-state index contributed by atoms with van der Waals surface area (Å²) in [7, 11) is -3.56. The number of nitrogens with one attached hydrogen (secondary N) is 1. The average molecular weight is 468 g/mol. The first kappa shape index (κ1) is 23.3. The van der Waals surface area contributed by atoms with Crippen LogP contribution < -0.4 is 10.5 Å². The van der Waals surface area contributed by atoms with Crippen molar-refractivity contribution in [2.24, 2.45) is 11.1 Å². The molecule has 0 amide bonds. The van der Waals surface area contributed by atoms with Crippen molar-refractivity contribution < 1.29 is 13.5 Å². The number of nitrogens with two attached hydrogens (primary N) is 1. The molecule has 1 unspecified atom stereocenters. The summed E-state index contributed by atoms with van der Waals surface area (Å²) in [5, 5.41) is 17.8. The first-order valence-electron chi connectivity index (χ1n) is 11.0. The maximum Gasteiger partial charge on any atom is 0.213 e. The lowest BCUT2D eigenvalue weighted by molar-refractivity contribution is 0.116. The summed E-state index contributed by atoms with van der Waals surface area (Å²) in [6.07, 6.45) is 3.74. The molecule has 1 aromatic heterocycles. The van der Waals surface area contributed by atoms with Gasteiger partial charge in [-0.2, -0.15) is 0 Å². The summed E-state index contributed by atoms with van der Waals surface area (Å²) < 4.78 is 22.5. The number of likely N-dealkylation sites (tertiary alicyclic amines) is 1. The third kappa shape index (κ3) is 6.82. The molecule has 1 aliphatic heterocycles. The number of piperidine rings is 1. The van der Waals surface area contributed by atoms with Crippen LogP contribution in [0.3, 0.4) is 0 Å². The van der Waals surface area contributed by atoms with Crippen LogP contribution in [-0.2, 0) is 22.3 Å². The fourth-order valence-electron chi connectivity index (χ4n) is 4.18. The Labute approximate surface area is 194 Å². The largest absolute Gasteiger partial charge is 0.396 e. The van der Waals surface area contributed by atoms with Crippen molar-refractivity contribution >= 4 is 21.5 Å². The topological polar surface area (TPSA) is 121 Å². The first-order valence-corrected chi connectivity index (χ1v) is 12.7. The van der Waals surface area contributed by atoms with Crippen LogP contribution in [0, 0.1) is 5.92 Å². The van der Waals surface area contributed by atoms with Gasteiger partial charge in [-0.25, -0.2) is 23.5 Å². The number of hydrogen-bond donors (Lipinski definition) is 3. The molecule has 0 spiro atoms. The van der Waals surface area contributed by atoms with Gasteiger partial charge in [-0.05, 0) is 54.6 Å². The van der Waals surface area contributed by atoms with Crippen molar-refractivity contribution in [3.8, 4) is 11.3 Å². The molecule has 8 nitrogen and oxygen atoms in total. The second-order valence-electron chi connectivity index (χ2n) is 8.54. The summed E-state index contributed by atoms with van der Waals surface area (Å²) in [4.78, 5) is 11.1. The normalized spacial score (nSPS) is 17.1. The van der Waals surface area contributed by atoms with Crippen LogP contribution in [0.1, 0.15) is 24.0 Å². The Morgan fingerprint density at radius 3 is 2.67 bits per heavy atom. The van der Waals surface area contributed by atoms with E-state index in [1.165, 1.54) is 11.9 Å². The van der Waals surface area contributed by atoms with Gasteiger partial charge >= 0.3 is 0 Å². The Morgan fingerprint density at radius 1 is 1.09 bits per heavy atom. The van der Waals surface area contributed by atoms with E-state index in [1.54, 1.807) is 24.3 Å². The van der Waals surface area contributed by atoms with Crippen molar-refractivity contribution in [1.29, 1.82) is 0 Å². The van der Waals surface area contributed by atoms with E-state index in [1.807, 2.05) is 18.2 Å². The van der Waals surface area contributed by atoms with Crippen LogP contribution >= 0.6 is 0 Å². The van der Waals surface area contributed by atoms with E-state index in [-0.39, 0.29) is 12.4 Å². The summed E-state index contributed by atoms with van der Waals surface area (Å²) in [5.41, 5.74) is 4.45. The molecule has 174 valence electrons. The molecule has 1 atom stereocenters. The maximum absolute atomic E-state index is 11.2. The molecule has 0 saturated carbocycles. The van der Waals surface area contributed by atoms with Crippen LogP contribution in [0.4, 0.5) is 11.5 Å². The van der Waals surface area contributed by atoms with Gasteiger partial charge < -0.3 is 10.4 Å². The third-order valence-electron chi connectivity index (χ3n) is 5.75. The van der Waals surface area contributed by atoms with Gasteiger partial charge in [0.2, 0.25) is 10.0 Å². The minimum atomic E-state index is -3.56. The van der Waals surface area contributed by atoms with Crippen molar-refractivity contribution in [3.63, 3.8) is 0 Å². The number of aliphatic hydroxyl groups is 1. The zero-order valence-electron chi connectivity index (χ0n) is 18.4. The SMILES string of the molecule is NS(=O)(=O)Cc1ccc(Nc2cc(-c3cccc(CN4CCCC(CO)C4)c3)ncn2)cc1. The van der Waals surface area contributed by atoms with E-state index < -0.39 is 10.0 Å². The highest BCUT2D eigenvalue weighted by Gasteiger charge is 2.19. The summed E-state index contributed by atoms with van der Waals surface area (Å²) >= 11 is 0. The van der Waals surface area contributed by atoms with Gasteiger partial charge in [0.1, 0.15) is 12.1 Å². The summed E-state index contributed by atoms with van der Waals surface area (Å²) in [5.74, 6) is 0.817. The standard InChI is InChI=1S/C24H29N5O3S/c25-33(31,32)16-18-6-8-22(9-7-18)28-24-12-23(26-17-27-24)21-5-1-3-19(11-21)13-29-10-2-4-20(14-29)15-30/h1,3,5-9,11-12,17,20,30H,2,4,10,13-16H2,(H2,25,31,32)(H,26,27,28). The number of anilines is 2. The smallest absolute Gasteiger partial charge is 0.213 e. The van der Waals surface area contributed by atoms with Crippen molar-refractivity contribution in [3.05, 3.63) is 72.1 Å². The summed E-state index contributed by atoms with van der Waals surface area (Å²) in [6.45, 7) is 3.09. The Bertz CT molecular complexity index is 1180. The Hall–Kier alpha value is -2.85. The highest BCUT2D eigenvalue weighted by Crippen LogP contribution is 2.24. The molecule has 1 aliphatic rings. The fourth-order valence-corrected chi connectivity index (χ4v) is 4.84. The number of primary sulfonamides is 1. The van der Waals surface area contributed by atoms with Crippen LogP contribution in [0.15, 0.2) is 60.9 Å². The van der Waals surface area contributed by atoms with Gasteiger partial charge in [-0.3, -0.25) is 4.90 Å². The second kappa shape index (κ2) is 10.4. The fraction of sp³-hybridized carbons (Fsp3) is 0.333. The highest BCUT2D eigenvalue weighted by molar-refractivity contribution is 7.88. The minimum absolute atomic E-state index is 0.195. The lowest BCUT2D eigenvalue weighted by Crippen LogP contribution is -2.36. The lowest BCUT2D eigenvalue weighted by atomic mass is 9.98. The molecule has 1 fully saturated rings. The van der Waals surface area contributed by atoms with E-state index in [0.29, 0.717) is 17.3 Å². The monoisotopic (exact) mass is 467 g/mol. The van der Waals surface area contributed by atoms with Crippen molar-refractivity contribution in [1.82, 2.24) is 14.9 Å². The molecule has 1 saturated heterocycles. The average Bonchev–Trinajstić information content (AvgIpc) is 2.80. The van der Waals surface area contributed by atoms with Crippen LogP contribution in [0.5, 0.6) is 0 Å². The molecule has 0 bridgehead atoms. The molecule has 4 rings (SSSR count). The van der Waals surface area contributed by atoms with Gasteiger partial charge in [-0.15, -0.1) is 0 Å².